The van der Waals surface area contributed by atoms with Gasteiger partial charge in [0, 0.05) is 18.5 Å². The fraction of sp³-hybridized carbons (Fsp3) is 0.609. The summed E-state index contributed by atoms with van der Waals surface area (Å²) in [6.45, 7) is 1.67. The van der Waals surface area contributed by atoms with Gasteiger partial charge in [0.15, 0.2) is 11.5 Å². The molecule has 0 aromatic heterocycles. The van der Waals surface area contributed by atoms with E-state index >= 15 is 0 Å². The number of rotatable bonds is 5. The largest absolute Gasteiger partial charge is 0.504 e. The van der Waals surface area contributed by atoms with Gasteiger partial charge in [0.1, 0.15) is 6.10 Å². The first kappa shape index (κ1) is 22.0. The lowest BCUT2D eigenvalue weighted by Crippen LogP contribution is -2.77. The molecule has 2 fully saturated rings. The second kappa shape index (κ2) is 7.59. The lowest BCUT2D eigenvalue weighted by molar-refractivity contribution is -0.187. The zero-order valence-electron chi connectivity index (χ0n) is 18.8. The highest BCUT2D eigenvalue weighted by atomic mass is 16.5. The molecule has 2 bridgehead atoms. The van der Waals surface area contributed by atoms with Crippen molar-refractivity contribution in [3.63, 3.8) is 0 Å². The molecule has 4 aliphatic rings. The Labute approximate surface area is 191 Å². The van der Waals surface area contributed by atoms with Crippen molar-refractivity contribution in [1.82, 2.24) is 20.9 Å². The zero-order valence-corrected chi connectivity index (χ0v) is 18.8. The molecule has 10 nitrogen and oxygen atoms in total. The maximum Gasteiger partial charge on any atom is 0.239 e. The summed E-state index contributed by atoms with van der Waals surface area (Å²) in [6.07, 6.45) is 1.84. The van der Waals surface area contributed by atoms with Crippen molar-refractivity contribution in [2.45, 2.75) is 61.8 Å². The molecule has 1 saturated carbocycles. The van der Waals surface area contributed by atoms with Crippen LogP contribution in [0.15, 0.2) is 12.1 Å². The maximum absolute atomic E-state index is 12.7. The first-order valence-electron chi connectivity index (χ1n) is 11.4. The van der Waals surface area contributed by atoms with E-state index in [0.29, 0.717) is 31.4 Å². The summed E-state index contributed by atoms with van der Waals surface area (Å²) in [5.74, 6) is -0.687. The van der Waals surface area contributed by atoms with E-state index in [1.54, 1.807) is 6.07 Å². The van der Waals surface area contributed by atoms with Crippen molar-refractivity contribution in [1.29, 1.82) is 0 Å². The smallest absolute Gasteiger partial charge is 0.239 e. The van der Waals surface area contributed by atoms with Crippen LogP contribution in [-0.4, -0.2) is 83.3 Å². The van der Waals surface area contributed by atoms with Gasteiger partial charge in [0.25, 0.3) is 0 Å². The fourth-order valence-corrected chi connectivity index (χ4v) is 6.60. The Balaban J connectivity index is 1.39. The first-order chi connectivity index (χ1) is 15.7. The van der Waals surface area contributed by atoms with Crippen molar-refractivity contribution in [3.05, 3.63) is 23.3 Å². The van der Waals surface area contributed by atoms with E-state index in [9.17, 15) is 24.6 Å². The van der Waals surface area contributed by atoms with Crippen molar-refractivity contribution < 1.29 is 29.3 Å². The summed E-state index contributed by atoms with van der Waals surface area (Å²) >= 11 is 0. The minimum atomic E-state index is -1.02. The SMILES string of the molecule is CC(=O)NCC(=O)NCC(=O)N[C@H]1CC[C@@]2(O)[C@H]3Cc4ccc(O)c5c4[C@@]2(CCN3C)[C@H]1O5. The number of phenolic OH excluding ortho intramolecular Hbond substituents is 1. The predicted octanol–water partition coefficient (Wildman–Crippen LogP) is -1.09. The van der Waals surface area contributed by atoms with Crippen LogP contribution in [0.3, 0.4) is 0 Å². The number of ether oxygens (including phenoxy) is 1. The highest BCUT2D eigenvalue weighted by Crippen LogP contribution is 2.65. The van der Waals surface area contributed by atoms with Crippen LogP contribution in [0.4, 0.5) is 0 Å². The van der Waals surface area contributed by atoms with Gasteiger partial charge in [-0.2, -0.15) is 0 Å². The number of nitrogens with one attached hydrogen (secondary N) is 3. The highest BCUT2D eigenvalue weighted by Gasteiger charge is 2.72. The van der Waals surface area contributed by atoms with Gasteiger partial charge in [-0.05, 0) is 50.9 Å². The number of piperidine rings is 1. The van der Waals surface area contributed by atoms with E-state index < -0.39 is 23.0 Å². The number of aliphatic hydroxyl groups is 1. The Kier molecular flexibility index (Phi) is 5.06. The van der Waals surface area contributed by atoms with E-state index in [4.69, 9.17) is 4.74 Å². The van der Waals surface area contributed by atoms with Crippen LogP contribution in [-0.2, 0) is 26.2 Å². The van der Waals surface area contributed by atoms with E-state index in [2.05, 4.69) is 20.9 Å². The third-order valence-corrected chi connectivity index (χ3v) is 8.02. The minimum Gasteiger partial charge on any atom is -0.504 e. The second-order valence-corrected chi connectivity index (χ2v) is 9.73. The third kappa shape index (κ3) is 3.11. The molecule has 1 spiro atoms. The number of hydrogen-bond donors (Lipinski definition) is 5. The van der Waals surface area contributed by atoms with Gasteiger partial charge in [-0.1, -0.05) is 6.07 Å². The van der Waals surface area contributed by atoms with E-state index in [1.807, 2.05) is 13.1 Å². The summed E-state index contributed by atoms with van der Waals surface area (Å²) in [6, 6.07) is 3.11. The molecule has 0 radical (unpaired) electrons. The summed E-state index contributed by atoms with van der Waals surface area (Å²) in [4.78, 5) is 37.6. The molecular weight excluding hydrogens is 428 g/mol. The highest BCUT2D eigenvalue weighted by molar-refractivity contribution is 5.87. The number of phenols is 1. The Morgan fingerprint density at radius 2 is 1.94 bits per heavy atom. The van der Waals surface area contributed by atoms with Gasteiger partial charge in [-0.3, -0.25) is 14.4 Å². The van der Waals surface area contributed by atoms with Crippen molar-refractivity contribution >= 4 is 17.7 Å². The van der Waals surface area contributed by atoms with Gasteiger partial charge in [0.2, 0.25) is 17.7 Å². The Morgan fingerprint density at radius 1 is 1.18 bits per heavy atom. The normalized spacial score (nSPS) is 33.5. The maximum atomic E-state index is 12.7. The molecule has 33 heavy (non-hydrogen) atoms. The topological polar surface area (TPSA) is 140 Å². The number of nitrogens with zero attached hydrogens (tertiary/aromatic N) is 1. The van der Waals surface area contributed by atoms with Crippen molar-refractivity contribution in [2.24, 2.45) is 0 Å². The quantitative estimate of drug-likeness (QED) is 0.378. The molecular formula is C23H30N4O6. The Hall–Kier alpha value is -2.85. The Morgan fingerprint density at radius 3 is 2.70 bits per heavy atom. The molecule has 2 heterocycles. The van der Waals surface area contributed by atoms with Crippen molar-refractivity contribution in [3.8, 4) is 11.5 Å². The summed E-state index contributed by atoms with van der Waals surface area (Å²) < 4.78 is 6.34. The molecule has 178 valence electrons. The number of carbonyl (C=O) groups excluding carboxylic acids is 3. The van der Waals surface area contributed by atoms with Crippen LogP contribution in [0, 0.1) is 0 Å². The summed E-state index contributed by atoms with van der Waals surface area (Å²) in [7, 11) is 2.03. The summed E-state index contributed by atoms with van der Waals surface area (Å²) in [5, 5.41) is 30.5. The van der Waals surface area contributed by atoms with Crippen LogP contribution in [0.25, 0.3) is 0 Å². The van der Waals surface area contributed by atoms with Crippen LogP contribution >= 0.6 is 0 Å². The number of benzene rings is 1. The summed E-state index contributed by atoms with van der Waals surface area (Å²) in [5.41, 5.74) is 0.229. The van der Waals surface area contributed by atoms with E-state index in [1.165, 1.54) is 6.92 Å². The lowest BCUT2D eigenvalue weighted by atomic mass is 9.48. The van der Waals surface area contributed by atoms with Gasteiger partial charge < -0.3 is 35.8 Å². The number of hydrogen-bond acceptors (Lipinski definition) is 7. The molecule has 10 heteroatoms. The predicted molar refractivity (Wildman–Crippen MR) is 117 cm³/mol. The molecule has 2 aliphatic carbocycles. The van der Waals surface area contributed by atoms with Crippen LogP contribution in [0.5, 0.6) is 11.5 Å². The molecule has 1 saturated heterocycles. The van der Waals surface area contributed by atoms with Gasteiger partial charge in [-0.15, -0.1) is 0 Å². The zero-order chi connectivity index (χ0) is 23.5. The van der Waals surface area contributed by atoms with Crippen LogP contribution < -0.4 is 20.7 Å². The average molecular weight is 459 g/mol. The number of likely N-dealkylation sites (N-methyl/N-ethyl adjacent to an activating group) is 1. The van der Waals surface area contributed by atoms with Gasteiger partial charge in [-0.25, -0.2) is 0 Å². The van der Waals surface area contributed by atoms with Gasteiger partial charge in [0.05, 0.1) is 30.1 Å². The number of likely N-dealkylation sites (tertiary alicyclic amines) is 1. The van der Waals surface area contributed by atoms with E-state index in [0.717, 1.165) is 17.7 Å². The van der Waals surface area contributed by atoms with Crippen LogP contribution in [0.1, 0.15) is 37.3 Å². The van der Waals surface area contributed by atoms with Crippen molar-refractivity contribution in [2.75, 3.05) is 26.7 Å². The molecule has 2 aliphatic heterocycles. The second-order valence-electron chi connectivity index (χ2n) is 9.73. The molecule has 5 rings (SSSR count). The molecule has 1 aromatic carbocycles. The minimum absolute atomic E-state index is 0.0487. The van der Waals surface area contributed by atoms with Crippen LogP contribution in [0.2, 0.25) is 0 Å². The monoisotopic (exact) mass is 458 g/mol. The Bertz CT molecular complexity index is 1030. The molecule has 1 aromatic rings. The number of aromatic hydroxyl groups is 1. The third-order valence-electron chi connectivity index (χ3n) is 8.02. The molecule has 5 atom stereocenters. The standard InChI is InChI=1S/C23H30N4O6/c1-12(28)24-10-17(30)25-11-18(31)26-14-5-6-23(32)16-9-13-3-4-15(29)20-19(13)22(23,21(14)33-20)7-8-27(16)2/h3-4,14,16,21,29,32H,5-11H2,1-2H3,(H,24,28)(H,25,30)(H,26,31)/t14-,16+,21-,22-,23+/m0/s1. The molecule has 3 amide bonds. The lowest BCUT2D eigenvalue weighted by Gasteiger charge is -2.63. The average Bonchev–Trinajstić information content (AvgIpc) is 3.13. The first-order valence-corrected chi connectivity index (χ1v) is 11.4. The molecule has 0 unspecified atom stereocenters. The number of amides is 3. The number of carbonyl (C=O) groups is 3. The fourth-order valence-electron chi connectivity index (χ4n) is 6.60. The van der Waals surface area contributed by atoms with E-state index in [-0.39, 0.29) is 42.7 Å². The van der Waals surface area contributed by atoms with Gasteiger partial charge >= 0.3 is 0 Å². The molecule has 5 N–H and O–H groups in total.